The molecule has 10 heteroatoms. The van der Waals surface area contributed by atoms with Crippen LogP contribution in [0.15, 0.2) is 29.4 Å². The zero-order chi connectivity index (χ0) is 25.2. The summed E-state index contributed by atoms with van der Waals surface area (Å²) in [5.41, 5.74) is -1.25. The minimum Gasteiger partial charge on any atom is -0.492 e. The van der Waals surface area contributed by atoms with Crippen LogP contribution in [0.1, 0.15) is 60.8 Å². The van der Waals surface area contributed by atoms with E-state index in [2.05, 4.69) is 31.1 Å². The number of hydrogen-bond acceptors (Lipinski definition) is 5. The van der Waals surface area contributed by atoms with Gasteiger partial charge in [0.05, 0.1) is 30.4 Å². The smallest absolute Gasteiger partial charge is 0.416 e. The van der Waals surface area contributed by atoms with Gasteiger partial charge in [-0.3, -0.25) is 4.79 Å². The molecule has 2 fully saturated rings. The van der Waals surface area contributed by atoms with Crippen molar-refractivity contribution in [2.24, 2.45) is 10.9 Å². The van der Waals surface area contributed by atoms with Crippen LogP contribution in [0.3, 0.4) is 0 Å². The summed E-state index contributed by atoms with van der Waals surface area (Å²) in [6.45, 7) is 9.43. The number of carbonyl (C=O) groups excluding carboxylic acids is 1. The van der Waals surface area contributed by atoms with Crippen molar-refractivity contribution in [1.29, 1.82) is 0 Å². The summed E-state index contributed by atoms with van der Waals surface area (Å²) in [6, 6.07) is 3.01. The van der Waals surface area contributed by atoms with Gasteiger partial charge in [-0.1, -0.05) is 20.8 Å². The molecule has 1 amide bonds. The minimum absolute atomic E-state index is 0.0268. The molecule has 3 heterocycles. The molecule has 2 saturated heterocycles. The predicted molar refractivity (Wildman–Crippen MR) is 128 cm³/mol. The van der Waals surface area contributed by atoms with Crippen LogP contribution in [-0.2, 0) is 22.9 Å². The third-order valence-electron chi connectivity index (χ3n) is 6.25. The van der Waals surface area contributed by atoms with E-state index in [0.717, 1.165) is 49.4 Å². The number of halogens is 3. The molecule has 4 rings (SSSR count). The molecule has 0 aliphatic carbocycles. The third kappa shape index (κ3) is 6.54. The van der Waals surface area contributed by atoms with E-state index in [1.165, 1.54) is 17.4 Å². The minimum atomic E-state index is -4.58. The second-order valence-electron chi connectivity index (χ2n) is 10.2. The van der Waals surface area contributed by atoms with Crippen molar-refractivity contribution in [3.63, 3.8) is 0 Å². The predicted octanol–water partition coefficient (Wildman–Crippen LogP) is 4.77. The molecule has 0 unspecified atom stereocenters. The topological polar surface area (TPSA) is 64.9 Å². The number of rotatable bonds is 6. The molecule has 0 radical (unpaired) electrons. The number of nitrogens with zero attached hydrogens (tertiary/aromatic N) is 2. The van der Waals surface area contributed by atoms with Gasteiger partial charge in [-0.05, 0) is 49.4 Å². The Hall–Kier alpha value is -2.17. The fourth-order valence-corrected chi connectivity index (χ4v) is 5.22. The lowest BCUT2D eigenvalue weighted by Gasteiger charge is -2.15. The first-order valence-corrected chi connectivity index (χ1v) is 12.8. The van der Waals surface area contributed by atoms with Crippen LogP contribution in [0.2, 0.25) is 0 Å². The van der Waals surface area contributed by atoms with E-state index in [0.29, 0.717) is 24.6 Å². The average molecular weight is 512 g/mol. The van der Waals surface area contributed by atoms with E-state index in [9.17, 15) is 18.0 Å². The van der Waals surface area contributed by atoms with E-state index in [1.807, 2.05) is 10.8 Å². The van der Waals surface area contributed by atoms with E-state index < -0.39 is 17.6 Å². The first kappa shape index (κ1) is 25.9. The maximum absolute atomic E-state index is 13.4. The van der Waals surface area contributed by atoms with Crippen LogP contribution in [0, 0.1) is 5.92 Å². The molecule has 1 aromatic carbocycles. The van der Waals surface area contributed by atoms with E-state index in [4.69, 9.17) is 9.47 Å². The molecular formula is C25H32F3N3O3S. The molecule has 0 bridgehead atoms. The Morgan fingerprint density at radius 2 is 2.09 bits per heavy atom. The second-order valence-corrected chi connectivity index (χ2v) is 11.2. The maximum atomic E-state index is 13.4. The Morgan fingerprint density at radius 3 is 2.71 bits per heavy atom. The van der Waals surface area contributed by atoms with Gasteiger partial charge < -0.3 is 19.4 Å². The molecule has 2 atom stereocenters. The van der Waals surface area contributed by atoms with Crippen molar-refractivity contribution in [3.05, 3.63) is 45.2 Å². The van der Waals surface area contributed by atoms with Crippen molar-refractivity contribution in [2.75, 3.05) is 26.3 Å². The lowest BCUT2D eigenvalue weighted by atomic mass is 9.95. The first-order valence-electron chi connectivity index (χ1n) is 12.0. The third-order valence-corrected chi connectivity index (χ3v) is 7.70. The molecule has 35 heavy (non-hydrogen) atoms. The Labute approximate surface area is 207 Å². The number of aromatic nitrogens is 1. The fraction of sp³-hybridized carbons (Fsp3) is 0.600. The van der Waals surface area contributed by atoms with Gasteiger partial charge in [-0.15, -0.1) is 11.3 Å². The van der Waals surface area contributed by atoms with Gasteiger partial charge in [0, 0.05) is 30.1 Å². The quantitative estimate of drug-likeness (QED) is 0.607. The van der Waals surface area contributed by atoms with Gasteiger partial charge >= 0.3 is 6.18 Å². The number of thiazole rings is 1. The monoisotopic (exact) mass is 511 g/mol. The summed E-state index contributed by atoms with van der Waals surface area (Å²) in [4.78, 5) is 19.1. The standard InChI is InChI=1S/C25H32F3N3O3S/c1-24(2,3)21-14-31(13-18-5-4-10-33-18)23(35-21)30-22(32)19-11-17(25(26,27)28)6-7-20(19)34-15-16-8-9-29-12-16/h6-7,11,14,16,18,29H,4-5,8-10,12-13,15H2,1-3H3/t16-,18-/m1/s1. The summed E-state index contributed by atoms with van der Waals surface area (Å²) < 4.78 is 53.8. The fourth-order valence-electron chi connectivity index (χ4n) is 4.16. The largest absolute Gasteiger partial charge is 0.492 e. The average Bonchev–Trinajstić information content (AvgIpc) is 3.54. The normalized spacial score (nSPS) is 21.6. The van der Waals surface area contributed by atoms with Gasteiger partial charge in [-0.2, -0.15) is 18.2 Å². The van der Waals surface area contributed by atoms with Crippen molar-refractivity contribution in [3.8, 4) is 5.75 Å². The summed E-state index contributed by atoms with van der Waals surface area (Å²) in [5.74, 6) is -0.381. The van der Waals surface area contributed by atoms with E-state index in [1.54, 1.807) is 0 Å². The van der Waals surface area contributed by atoms with Crippen LogP contribution in [0.25, 0.3) is 0 Å². The lowest BCUT2D eigenvalue weighted by molar-refractivity contribution is -0.137. The van der Waals surface area contributed by atoms with Crippen LogP contribution in [-0.4, -0.2) is 42.9 Å². The summed E-state index contributed by atoms with van der Waals surface area (Å²) >= 11 is 1.37. The molecule has 6 nitrogen and oxygen atoms in total. The van der Waals surface area contributed by atoms with Crippen molar-refractivity contribution >= 4 is 17.2 Å². The Balaban J connectivity index is 1.69. The maximum Gasteiger partial charge on any atom is 0.416 e. The molecule has 0 saturated carbocycles. The van der Waals surface area contributed by atoms with Crippen molar-refractivity contribution < 1.29 is 27.4 Å². The highest BCUT2D eigenvalue weighted by Gasteiger charge is 2.32. The first-order chi connectivity index (χ1) is 16.5. The van der Waals surface area contributed by atoms with Crippen molar-refractivity contribution in [1.82, 2.24) is 9.88 Å². The number of ether oxygens (including phenoxy) is 2. The van der Waals surface area contributed by atoms with Crippen molar-refractivity contribution in [2.45, 2.75) is 64.3 Å². The Bertz CT molecular complexity index is 1110. The van der Waals surface area contributed by atoms with Gasteiger partial charge in [0.2, 0.25) is 0 Å². The Morgan fingerprint density at radius 1 is 1.29 bits per heavy atom. The van der Waals surface area contributed by atoms with Crippen LogP contribution in [0.5, 0.6) is 5.75 Å². The molecule has 192 valence electrons. The molecule has 2 aromatic rings. The second kappa shape index (κ2) is 10.4. The van der Waals surface area contributed by atoms with E-state index in [-0.39, 0.29) is 28.7 Å². The number of nitrogens with one attached hydrogen (secondary N) is 1. The molecule has 2 aliphatic rings. The Kier molecular flexibility index (Phi) is 7.73. The number of amides is 1. The summed E-state index contributed by atoms with van der Waals surface area (Å²) in [6.07, 6.45) is 0.235. The number of carbonyl (C=O) groups is 1. The molecule has 1 aromatic heterocycles. The molecule has 0 spiro atoms. The van der Waals surface area contributed by atoms with Gasteiger partial charge in [-0.25, -0.2) is 0 Å². The van der Waals surface area contributed by atoms with Crippen LogP contribution >= 0.6 is 11.3 Å². The van der Waals surface area contributed by atoms with Gasteiger partial charge in [0.25, 0.3) is 5.91 Å². The number of hydrogen-bond donors (Lipinski definition) is 1. The van der Waals surface area contributed by atoms with Gasteiger partial charge in [0.15, 0.2) is 4.80 Å². The molecule has 1 N–H and O–H groups in total. The number of benzene rings is 1. The zero-order valence-corrected chi connectivity index (χ0v) is 21.1. The highest BCUT2D eigenvalue weighted by atomic mass is 32.1. The lowest BCUT2D eigenvalue weighted by Crippen LogP contribution is -2.24. The molecule has 2 aliphatic heterocycles. The highest BCUT2D eigenvalue weighted by Crippen LogP contribution is 2.33. The van der Waals surface area contributed by atoms with Gasteiger partial charge in [0.1, 0.15) is 5.75 Å². The number of alkyl halides is 3. The highest BCUT2D eigenvalue weighted by molar-refractivity contribution is 7.09. The summed E-state index contributed by atoms with van der Waals surface area (Å²) in [5, 5.41) is 3.23. The molecular weight excluding hydrogens is 479 g/mol. The van der Waals surface area contributed by atoms with Crippen LogP contribution < -0.4 is 14.9 Å². The zero-order valence-electron chi connectivity index (χ0n) is 20.3. The van der Waals surface area contributed by atoms with Crippen LogP contribution in [0.4, 0.5) is 13.2 Å². The SMILES string of the molecule is CC(C)(C)c1cn(C[C@H]2CCCO2)c(=NC(=O)c2cc(C(F)(F)F)ccc2OC[C@@H]2CCNC2)s1. The summed E-state index contributed by atoms with van der Waals surface area (Å²) in [7, 11) is 0. The van der Waals surface area contributed by atoms with E-state index >= 15 is 0 Å².